The molecule has 1 aliphatic rings. The average molecular weight is 425 g/mol. The van der Waals surface area contributed by atoms with Gasteiger partial charge in [0.25, 0.3) is 5.91 Å². The Bertz CT molecular complexity index is 1350. The molecule has 0 fully saturated rings. The van der Waals surface area contributed by atoms with Crippen LogP contribution in [0.15, 0.2) is 45.9 Å². The monoisotopic (exact) mass is 424 g/mol. The van der Waals surface area contributed by atoms with Crippen molar-refractivity contribution in [3.63, 3.8) is 0 Å². The van der Waals surface area contributed by atoms with Crippen molar-refractivity contribution in [3.05, 3.63) is 79.4 Å². The van der Waals surface area contributed by atoms with Gasteiger partial charge in [0.05, 0.1) is 17.0 Å². The van der Waals surface area contributed by atoms with E-state index in [2.05, 4.69) is 15.2 Å². The lowest BCUT2D eigenvalue weighted by Crippen LogP contribution is -2.29. The maximum atomic E-state index is 13.4. The summed E-state index contributed by atoms with van der Waals surface area (Å²) in [5.74, 6) is -0.428. The Hall–Kier alpha value is -3.10. The topological polar surface area (TPSA) is 89.2 Å². The summed E-state index contributed by atoms with van der Waals surface area (Å²) in [7, 11) is 0. The minimum absolute atomic E-state index is 0.00549. The van der Waals surface area contributed by atoms with E-state index in [0.717, 1.165) is 5.56 Å². The molecule has 0 radical (unpaired) electrons. The standard InChI is InChI=1S/C20H13ClN4O3S/c1-9-6-14-12(7-13(9)21)17(26)15-16(11-4-3-5-22-8-11)25(19(27)18(15)28-14)20-24-23-10(2)29-20/h3-8,16H,1-2H3/t16-/m1/s1. The van der Waals surface area contributed by atoms with Crippen molar-refractivity contribution in [3.8, 4) is 0 Å². The zero-order valence-electron chi connectivity index (χ0n) is 15.3. The highest BCUT2D eigenvalue weighted by atomic mass is 35.5. The van der Waals surface area contributed by atoms with Gasteiger partial charge in [0.1, 0.15) is 10.6 Å². The van der Waals surface area contributed by atoms with Gasteiger partial charge in [0, 0.05) is 17.4 Å². The van der Waals surface area contributed by atoms with Crippen LogP contribution in [0.1, 0.15) is 38.3 Å². The van der Waals surface area contributed by atoms with E-state index in [1.165, 1.54) is 16.2 Å². The molecule has 1 aromatic carbocycles. The molecule has 1 aliphatic heterocycles. The fraction of sp³-hybridized carbons (Fsp3) is 0.150. The Balaban J connectivity index is 1.84. The normalized spacial score (nSPS) is 15.9. The van der Waals surface area contributed by atoms with Crippen LogP contribution in [0, 0.1) is 13.8 Å². The summed E-state index contributed by atoms with van der Waals surface area (Å²) in [6, 6.07) is 6.11. The van der Waals surface area contributed by atoms with Crippen molar-refractivity contribution in [2.75, 3.05) is 4.90 Å². The molecule has 144 valence electrons. The number of fused-ring (bicyclic) bond motifs is 2. The molecule has 0 saturated carbocycles. The first-order valence-electron chi connectivity index (χ1n) is 8.76. The number of hydrogen-bond acceptors (Lipinski definition) is 7. The molecular formula is C20H13ClN4O3S. The maximum absolute atomic E-state index is 13.4. The third-order valence-electron chi connectivity index (χ3n) is 4.87. The van der Waals surface area contributed by atoms with Gasteiger partial charge >= 0.3 is 0 Å². The number of carbonyl (C=O) groups is 1. The van der Waals surface area contributed by atoms with Crippen molar-refractivity contribution in [1.29, 1.82) is 0 Å². The number of aryl methyl sites for hydroxylation is 2. The van der Waals surface area contributed by atoms with Crippen LogP contribution in [-0.4, -0.2) is 21.1 Å². The van der Waals surface area contributed by atoms with Crippen molar-refractivity contribution in [2.45, 2.75) is 19.9 Å². The minimum Gasteiger partial charge on any atom is -0.450 e. The fourth-order valence-electron chi connectivity index (χ4n) is 3.53. The van der Waals surface area contributed by atoms with E-state index in [4.69, 9.17) is 16.0 Å². The maximum Gasteiger partial charge on any atom is 0.297 e. The molecule has 0 bridgehead atoms. The van der Waals surface area contributed by atoms with Crippen molar-refractivity contribution in [2.24, 2.45) is 0 Å². The van der Waals surface area contributed by atoms with Gasteiger partial charge in [-0.3, -0.25) is 19.5 Å². The molecular weight excluding hydrogens is 412 g/mol. The quantitative estimate of drug-likeness (QED) is 0.482. The summed E-state index contributed by atoms with van der Waals surface area (Å²) in [4.78, 5) is 32.4. The summed E-state index contributed by atoms with van der Waals surface area (Å²) < 4.78 is 5.93. The van der Waals surface area contributed by atoms with E-state index >= 15 is 0 Å². The van der Waals surface area contributed by atoms with Crippen LogP contribution in [0.5, 0.6) is 0 Å². The molecule has 1 atom stereocenters. The van der Waals surface area contributed by atoms with E-state index < -0.39 is 11.9 Å². The summed E-state index contributed by atoms with van der Waals surface area (Å²) in [6.45, 7) is 3.61. The number of halogens is 1. The Kier molecular flexibility index (Phi) is 4.01. The lowest BCUT2D eigenvalue weighted by molar-refractivity contribution is 0.0970. The van der Waals surface area contributed by atoms with E-state index in [1.807, 2.05) is 13.0 Å². The van der Waals surface area contributed by atoms with Crippen LogP contribution in [-0.2, 0) is 0 Å². The molecule has 0 aliphatic carbocycles. The zero-order chi connectivity index (χ0) is 20.3. The van der Waals surface area contributed by atoms with Gasteiger partial charge in [-0.15, -0.1) is 10.2 Å². The predicted molar refractivity (Wildman–Crippen MR) is 110 cm³/mol. The third kappa shape index (κ3) is 2.67. The summed E-state index contributed by atoms with van der Waals surface area (Å²) in [6.07, 6.45) is 3.26. The molecule has 7 nitrogen and oxygen atoms in total. The number of nitrogens with zero attached hydrogens (tertiary/aromatic N) is 4. The molecule has 0 spiro atoms. The summed E-state index contributed by atoms with van der Waals surface area (Å²) in [5, 5.41) is 10.0. The van der Waals surface area contributed by atoms with Crippen molar-refractivity contribution >= 4 is 44.9 Å². The van der Waals surface area contributed by atoms with E-state index in [0.29, 0.717) is 31.7 Å². The molecule has 0 N–H and O–H groups in total. The van der Waals surface area contributed by atoms with Gasteiger partial charge in [0.2, 0.25) is 10.9 Å². The number of hydrogen-bond donors (Lipinski definition) is 0. The molecule has 4 heterocycles. The molecule has 5 rings (SSSR count). The summed E-state index contributed by atoms with van der Waals surface area (Å²) >= 11 is 7.51. The number of anilines is 1. The Morgan fingerprint density at radius 3 is 2.72 bits per heavy atom. The molecule has 3 aromatic heterocycles. The van der Waals surface area contributed by atoms with Crippen LogP contribution in [0.2, 0.25) is 5.02 Å². The van der Waals surface area contributed by atoms with E-state index in [1.54, 1.807) is 37.5 Å². The largest absolute Gasteiger partial charge is 0.450 e. The smallest absolute Gasteiger partial charge is 0.297 e. The predicted octanol–water partition coefficient (Wildman–Crippen LogP) is 4.06. The van der Waals surface area contributed by atoms with Gasteiger partial charge < -0.3 is 4.42 Å². The first-order chi connectivity index (χ1) is 14.0. The van der Waals surface area contributed by atoms with E-state index in [-0.39, 0.29) is 16.8 Å². The van der Waals surface area contributed by atoms with Gasteiger partial charge in [0.15, 0.2) is 5.43 Å². The summed E-state index contributed by atoms with van der Waals surface area (Å²) in [5.41, 5.74) is 1.71. The Morgan fingerprint density at radius 1 is 1.21 bits per heavy atom. The molecule has 0 unspecified atom stereocenters. The van der Waals surface area contributed by atoms with Crippen molar-refractivity contribution in [1.82, 2.24) is 15.2 Å². The van der Waals surface area contributed by atoms with Crippen LogP contribution >= 0.6 is 22.9 Å². The van der Waals surface area contributed by atoms with E-state index in [9.17, 15) is 9.59 Å². The molecule has 0 saturated heterocycles. The van der Waals surface area contributed by atoms with Crippen LogP contribution in [0.25, 0.3) is 11.0 Å². The lowest BCUT2D eigenvalue weighted by atomic mass is 10.00. The highest BCUT2D eigenvalue weighted by Crippen LogP contribution is 2.42. The molecule has 29 heavy (non-hydrogen) atoms. The van der Waals surface area contributed by atoms with Crippen LogP contribution in [0.3, 0.4) is 0 Å². The fourth-order valence-corrected chi connectivity index (χ4v) is 4.41. The lowest BCUT2D eigenvalue weighted by Gasteiger charge is -2.21. The second-order valence-electron chi connectivity index (χ2n) is 6.74. The number of rotatable bonds is 2. The first kappa shape index (κ1) is 18.0. The van der Waals surface area contributed by atoms with Gasteiger partial charge in [-0.1, -0.05) is 29.0 Å². The Morgan fingerprint density at radius 2 is 2.03 bits per heavy atom. The Labute approximate surface area is 173 Å². The first-order valence-corrected chi connectivity index (χ1v) is 9.95. The number of aromatic nitrogens is 3. The third-order valence-corrected chi connectivity index (χ3v) is 6.12. The van der Waals surface area contributed by atoms with Gasteiger partial charge in [-0.05, 0) is 43.2 Å². The second kappa shape index (κ2) is 6.47. The number of pyridine rings is 1. The van der Waals surface area contributed by atoms with Gasteiger partial charge in [-0.2, -0.15) is 0 Å². The average Bonchev–Trinajstić information content (AvgIpc) is 3.26. The molecule has 1 amide bonds. The minimum atomic E-state index is -0.709. The number of amides is 1. The van der Waals surface area contributed by atoms with Crippen molar-refractivity contribution < 1.29 is 9.21 Å². The zero-order valence-corrected chi connectivity index (χ0v) is 16.9. The number of benzene rings is 1. The highest BCUT2D eigenvalue weighted by molar-refractivity contribution is 7.15. The SMILES string of the molecule is Cc1nnc(N2C(=O)c3oc4cc(C)c(Cl)cc4c(=O)c3[C@H]2c2cccnc2)s1. The number of carbonyl (C=O) groups excluding carboxylic acids is 1. The van der Waals surface area contributed by atoms with Crippen LogP contribution < -0.4 is 10.3 Å². The highest BCUT2D eigenvalue weighted by Gasteiger charge is 2.45. The van der Waals surface area contributed by atoms with Gasteiger partial charge in [-0.25, -0.2) is 0 Å². The molecule has 9 heteroatoms. The molecule has 4 aromatic rings. The van der Waals surface area contributed by atoms with Crippen LogP contribution in [0.4, 0.5) is 5.13 Å². The second-order valence-corrected chi connectivity index (χ2v) is 8.31.